The molecule has 1 N–H and O–H groups in total. The lowest BCUT2D eigenvalue weighted by atomic mass is 9.88. The van der Waals surface area contributed by atoms with Crippen LogP contribution >= 0.6 is 0 Å². The van der Waals surface area contributed by atoms with Gasteiger partial charge in [-0.05, 0) is 49.4 Å². The fraction of sp³-hybridized carbons (Fsp3) is 0.571. The van der Waals surface area contributed by atoms with Crippen LogP contribution in [0.15, 0.2) is 24.3 Å². The molecule has 0 amide bonds. The van der Waals surface area contributed by atoms with Crippen LogP contribution in [0, 0.1) is 5.92 Å². The van der Waals surface area contributed by atoms with Crippen molar-refractivity contribution in [1.29, 1.82) is 0 Å². The Kier molecular flexibility index (Phi) is 4.34. The Morgan fingerprint density at radius 1 is 1.26 bits per heavy atom. The fourth-order valence-electron chi connectivity index (χ4n) is 2.47. The van der Waals surface area contributed by atoms with Crippen molar-refractivity contribution in [2.75, 3.05) is 6.54 Å². The summed E-state index contributed by atoms with van der Waals surface area (Å²) in [5.41, 5.74) is 1.03. The summed E-state index contributed by atoms with van der Waals surface area (Å²) in [6.07, 6.45) is -1.39. The lowest BCUT2D eigenvalue weighted by molar-refractivity contribution is -0.274. The molecule has 2 atom stereocenters. The van der Waals surface area contributed by atoms with Crippen molar-refractivity contribution in [2.45, 2.75) is 38.6 Å². The second kappa shape index (κ2) is 5.82. The van der Waals surface area contributed by atoms with Crippen LogP contribution in [0.4, 0.5) is 13.2 Å². The van der Waals surface area contributed by atoms with Crippen LogP contribution < -0.4 is 10.1 Å². The number of halogens is 3. The van der Waals surface area contributed by atoms with Gasteiger partial charge < -0.3 is 10.1 Å². The highest BCUT2D eigenvalue weighted by Crippen LogP contribution is 2.24. The van der Waals surface area contributed by atoms with Gasteiger partial charge in [-0.1, -0.05) is 19.1 Å². The number of piperidine rings is 1. The van der Waals surface area contributed by atoms with Crippen molar-refractivity contribution >= 4 is 0 Å². The molecule has 1 aliphatic heterocycles. The Morgan fingerprint density at radius 2 is 1.95 bits per heavy atom. The summed E-state index contributed by atoms with van der Waals surface area (Å²) in [5.74, 6) is 0.431. The van der Waals surface area contributed by atoms with E-state index in [9.17, 15) is 13.2 Å². The summed E-state index contributed by atoms with van der Waals surface area (Å²) in [5, 5.41) is 3.46. The zero-order chi connectivity index (χ0) is 13.9. The second-order valence-corrected chi connectivity index (χ2v) is 5.08. The summed E-state index contributed by atoms with van der Waals surface area (Å²) >= 11 is 0. The molecule has 1 saturated heterocycles. The van der Waals surface area contributed by atoms with Crippen LogP contribution in [0.3, 0.4) is 0 Å². The van der Waals surface area contributed by atoms with E-state index in [-0.39, 0.29) is 5.75 Å². The van der Waals surface area contributed by atoms with E-state index in [1.165, 1.54) is 25.0 Å². The first kappa shape index (κ1) is 14.2. The molecular formula is C14H18F3NO. The van der Waals surface area contributed by atoms with Crippen LogP contribution in [-0.4, -0.2) is 18.9 Å². The summed E-state index contributed by atoms with van der Waals surface area (Å²) in [7, 11) is 0. The Labute approximate surface area is 111 Å². The quantitative estimate of drug-likeness (QED) is 0.910. The molecule has 2 rings (SSSR count). The smallest absolute Gasteiger partial charge is 0.406 e. The maximum Gasteiger partial charge on any atom is 0.573 e. The van der Waals surface area contributed by atoms with Gasteiger partial charge in [0.15, 0.2) is 0 Å². The number of alkyl halides is 3. The SMILES string of the molecule is CC1CCCNC1Cc1ccc(OC(F)(F)F)cc1. The molecule has 0 aromatic heterocycles. The predicted octanol–water partition coefficient (Wildman–Crippen LogP) is 3.52. The van der Waals surface area contributed by atoms with E-state index in [4.69, 9.17) is 0 Å². The molecule has 19 heavy (non-hydrogen) atoms. The summed E-state index contributed by atoms with van der Waals surface area (Å²) in [4.78, 5) is 0. The van der Waals surface area contributed by atoms with E-state index >= 15 is 0 Å². The number of nitrogens with one attached hydrogen (secondary N) is 1. The molecule has 0 bridgehead atoms. The van der Waals surface area contributed by atoms with Crippen LogP contribution in [0.1, 0.15) is 25.3 Å². The van der Waals surface area contributed by atoms with E-state index < -0.39 is 6.36 Å². The third-order valence-electron chi connectivity index (χ3n) is 3.54. The van der Waals surface area contributed by atoms with Gasteiger partial charge in [-0.15, -0.1) is 13.2 Å². The van der Waals surface area contributed by atoms with Gasteiger partial charge in [0.25, 0.3) is 0 Å². The zero-order valence-corrected chi connectivity index (χ0v) is 10.8. The molecule has 106 valence electrons. The Morgan fingerprint density at radius 3 is 2.53 bits per heavy atom. The molecule has 1 aromatic rings. The fourth-order valence-corrected chi connectivity index (χ4v) is 2.47. The molecule has 1 heterocycles. The van der Waals surface area contributed by atoms with Gasteiger partial charge in [0.2, 0.25) is 0 Å². The average molecular weight is 273 g/mol. The first-order valence-corrected chi connectivity index (χ1v) is 6.52. The van der Waals surface area contributed by atoms with Gasteiger partial charge in [0.1, 0.15) is 5.75 Å². The molecule has 2 nitrogen and oxygen atoms in total. The van der Waals surface area contributed by atoms with Gasteiger partial charge in [0.05, 0.1) is 0 Å². The summed E-state index contributed by atoms with van der Waals surface area (Å²) in [6, 6.07) is 6.55. The first-order chi connectivity index (χ1) is 8.94. The van der Waals surface area contributed by atoms with E-state index in [0.29, 0.717) is 12.0 Å². The zero-order valence-electron chi connectivity index (χ0n) is 10.8. The Balaban J connectivity index is 1.94. The van der Waals surface area contributed by atoms with Crippen molar-refractivity contribution in [2.24, 2.45) is 5.92 Å². The second-order valence-electron chi connectivity index (χ2n) is 5.08. The van der Waals surface area contributed by atoms with Crippen LogP contribution in [0.5, 0.6) is 5.75 Å². The highest BCUT2D eigenvalue weighted by atomic mass is 19.4. The number of hydrogen-bond acceptors (Lipinski definition) is 2. The monoisotopic (exact) mass is 273 g/mol. The minimum atomic E-state index is -4.62. The largest absolute Gasteiger partial charge is 0.573 e. The van der Waals surface area contributed by atoms with Crippen LogP contribution in [0.25, 0.3) is 0 Å². The maximum atomic E-state index is 12.0. The predicted molar refractivity (Wildman–Crippen MR) is 67.0 cm³/mol. The maximum absolute atomic E-state index is 12.0. The van der Waals surface area contributed by atoms with Gasteiger partial charge in [0, 0.05) is 6.04 Å². The van der Waals surface area contributed by atoms with Crippen molar-refractivity contribution in [3.05, 3.63) is 29.8 Å². The molecule has 5 heteroatoms. The van der Waals surface area contributed by atoms with E-state index in [0.717, 1.165) is 18.5 Å². The van der Waals surface area contributed by atoms with Gasteiger partial charge >= 0.3 is 6.36 Å². The lowest BCUT2D eigenvalue weighted by Gasteiger charge is -2.30. The van der Waals surface area contributed by atoms with Crippen molar-refractivity contribution in [3.63, 3.8) is 0 Å². The number of rotatable bonds is 3. The average Bonchev–Trinajstić information content (AvgIpc) is 2.33. The highest BCUT2D eigenvalue weighted by Gasteiger charge is 2.31. The number of ether oxygens (including phenoxy) is 1. The van der Waals surface area contributed by atoms with Gasteiger partial charge in [-0.2, -0.15) is 0 Å². The van der Waals surface area contributed by atoms with Gasteiger partial charge in [-0.25, -0.2) is 0 Å². The molecule has 0 saturated carbocycles. The molecule has 1 aromatic carbocycles. The van der Waals surface area contributed by atoms with Crippen molar-refractivity contribution < 1.29 is 17.9 Å². The summed E-state index contributed by atoms with van der Waals surface area (Å²) in [6.45, 7) is 3.22. The Bertz CT molecular complexity index is 402. The third-order valence-corrected chi connectivity index (χ3v) is 3.54. The summed E-state index contributed by atoms with van der Waals surface area (Å²) < 4.78 is 40.0. The van der Waals surface area contributed by atoms with E-state index in [1.54, 1.807) is 12.1 Å². The van der Waals surface area contributed by atoms with Crippen molar-refractivity contribution in [3.8, 4) is 5.75 Å². The van der Waals surface area contributed by atoms with Crippen molar-refractivity contribution in [1.82, 2.24) is 5.32 Å². The highest BCUT2D eigenvalue weighted by molar-refractivity contribution is 5.28. The minimum absolute atomic E-state index is 0.166. The lowest BCUT2D eigenvalue weighted by Crippen LogP contribution is -2.41. The third kappa shape index (κ3) is 4.42. The van der Waals surface area contributed by atoms with Crippen LogP contribution in [0.2, 0.25) is 0 Å². The molecule has 0 aliphatic carbocycles. The minimum Gasteiger partial charge on any atom is -0.406 e. The van der Waals surface area contributed by atoms with E-state index in [2.05, 4.69) is 17.0 Å². The molecule has 1 fully saturated rings. The van der Waals surface area contributed by atoms with E-state index in [1.807, 2.05) is 0 Å². The number of benzene rings is 1. The molecular weight excluding hydrogens is 255 g/mol. The normalized spacial score (nSPS) is 24.2. The topological polar surface area (TPSA) is 21.3 Å². The molecule has 2 unspecified atom stereocenters. The standard InChI is InChI=1S/C14H18F3NO/c1-10-3-2-8-18-13(10)9-11-4-6-12(7-5-11)19-14(15,16)17/h4-7,10,13,18H,2-3,8-9H2,1H3. The van der Waals surface area contributed by atoms with Crippen LogP contribution in [-0.2, 0) is 6.42 Å². The number of hydrogen-bond donors (Lipinski definition) is 1. The molecule has 0 spiro atoms. The first-order valence-electron chi connectivity index (χ1n) is 6.52. The Hall–Kier alpha value is -1.23. The van der Waals surface area contributed by atoms with Gasteiger partial charge in [-0.3, -0.25) is 0 Å². The molecule has 1 aliphatic rings. The molecule has 0 radical (unpaired) electrons.